The van der Waals surface area contributed by atoms with Crippen molar-refractivity contribution < 1.29 is 4.79 Å². The summed E-state index contributed by atoms with van der Waals surface area (Å²) in [4.78, 5) is 15.4. The fraction of sp³-hybridized carbons (Fsp3) is 0.480. The molecule has 150 valence electrons. The summed E-state index contributed by atoms with van der Waals surface area (Å²) < 4.78 is 0. The number of rotatable bonds is 6. The number of hydrogen-bond acceptors (Lipinski definition) is 2. The first-order valence-corrected chi connectivity index (χ1v) is 10.6. The van der Waals surface area contributed by atoms with Crippen LogP contribution < -0.4 is 5.32 Å². The topological polar surface area (TPSA) is 32.3 Å². The third-order valence-electron chi connectivity index (χ3n) is 6.27. The van der Waals surface area contributed by atoms with Crippen LogP contribution in [0.5, 0.6) is 0 Å². The maximum absolute atomic E-state index is 12.9. The number of benzene rings is 2. The molecule has 28 heavy (non-hydrogen) atoms. The number of piperidine rings is 1. The molecule has 1 saturated heterocycles. The van der Waals surface area contributed by atoms with E-state index in [9.17, 15) is 4.79 Å². The van der Waals surface area contributed by atoms with E-state index in [-0.39, 0.29) is 17.9 Å². The van der Waals surface area contributed by atoms with Gasteiger partial charge < -0.3 is 5.32 Å². The third-order valence-corrected chi connectivity index (χ3v) is 6.27. The minimum absolute atomic E-state index is 0.108. The van der Waals surface area contributed by atoms with Crippen molar-refractivity contribution in [3.8, 4) is 0 Å². The maximum Gasteiger partial charge on any atom is 0.223 e. The zero-order chi connectivity index (χ0) is 20.1. The average Bonchev–Trinajstić information content (AvgIpc) is 2.70. The Kier molecular flexibility index (Phi) is 6.90. The van der Waals surface area contributed by atoms with Gasteiger partial charge in [0.05, 0.1) is 6.04 Å². The van der Waals surface area contributed by atoms with Gasteiger partial charge in [0.25, 0.3) is 0 Å². The number of aryl methyl sites for hydroxylation is 3. The van der Waals surface area contributed by atoms with E-state index in [2.05, 4.69) is 80.4 Å². The van der Waals surface area contributed by atoms with E-state index in [1.165, 1.54) is 27.8 Å². The highest BCUT2D eigenvalue weighted by atomic mass is 16.1. The molecule has 0 radical (unpaired) electrons. The molecule has 3 heteroatoms. The molecule has 1 N–H and O–H groups in total. The molecule has 1 fully saturated rings. The number of carbonyl (C=O) groups excluding carboxylic acids is 1. The number of nitrogens with zero attached hydrogens (tertiary/aromatic N) is 1. The lowest BCUT2D eigenvalue weighted by molar-refractivity contribution is -0.127. The minimum atomic E-state index is 0.108. The Balaban J connectivity index is 1.54. The van der Waals surface area contributed by atoms with Crippen molar-refractivity contribution in [2.24, 2.45) is 5.92 Å². The van der Waals surface area contributed by atoms with Gasteiger partial charge in [0, 0.05) is 12.5 Å². The first kappa shape index (κ1) is 20.6. The van der Waals surface area contributed by atoms with Crippen LogP contribution in [0, 0.1) is 26.7 Å². The molecule has 0 unspecified atom stereocenters. The van der Waals surface area contributed by atoms with Gasteiger partial charge in [-0.25, -0.2) is 0 Å². The number of carbonyl (C=O) groups is 1. The lowest BCUT2D eigenvalue weighted by atomic mass is 9.93. The fourth-order valence-electron chi connectivity index (χ4n) is 4.07. The van der Waals surface area contributed by atoms with Gasteiger partial charge in [-0.1, -0.05) is 49.4 Å². The van der Waals surface area contributed by atoms with Crippen LogP contribution in [0.2, 0.25) is 0 Å². The van der Waals surface area contributed by atoms with Crippen molar-refractivity contribution in [1.82, 2.24) is 10.2 Å². The molecule has 0 bridgehead atoms. The molecule has 1 amide bonds. The van der Waals surface area contributed by atoms with Gasteiger partial charge in [0.1, 0.15) is 0 Å². The van der Waals surface area contributed by atoms with Crippen molar-refractivity contribution in [3.05, 3.63) is 70.3 Å². The second-order valence-electron chi connectivity index (χ2n) is 8.29. The van der Waals surface area contributed by atoms with Crippen LogP contribution in [0.3, 0.4) is 0 Å². The van der Waals surface area contributed by atoms with Gasteiger partial charge in [-0.05, 0) is 80.9 Å². The minimum Gasteiger partial charge on any atom is -0.349 e. The monoisotopic (exact) mass is 378 g/mol. The summed E-state index contributed by atoms with van der Waals surface area (Å²) in [6.45, 7) is 11.6. The summed E-state index contributed by atoms with van der Waals surface area (Å²) >= 11 is 0. The van der Waals surface area contributed by atoms with Gasteiger partial charge in [-0.15, -0.1) is 0 Å². The summed E-state index contributed by atoms with van der Waals surface area (Å²) in [7, 11) is 0. The summed E-state index contributed by atoms with van der Waals surface area (Å²) in [5.41, 5.74) is 6.55. The third kappa shape index (κ3) is 5.02. The molecule has 3 rings (SSSR count). The predicted molar refractivity (Wildman–Crippen MR) is 116 cm³/mol. The van der Waals surface area contributed by atoms with Gasteiger partial charge in [0.15, 0.2) is 0 Å². The largest absolute Gasteiger partial charge is 0.349 e. The van der Waals surface area contributed by atoms with E-state index in [0.717, 1.165) is 38.9 Å². The molecule has 0 aromatic heterocycles. The van der Waals surface area contributed by atoms with Gasteiger partial charge in [-0.3, -0.25) is 9.69 Å². The van der Waals surface area contributed by atoms with Crippen molar-refractivity contribution in [2.75, 3.05) is 13.1 Å². The molecule has 2 aromatic rings. The molecule has 1 aliphatic rings. The van der Waals surface area contributed by atoms with Crippen LogP contribution in [-0.2, 0) is 11.3 Å². The Morgan fingerprint density at radius 3 is 2.39 bits per heavy atom. The Bertz CT molecular complexity index is 806. The van der Waals surface area contributed by atoms with Crippen molar-refractivity contribution in [3.63, 3.8) is 0 Å². The second-order valence-corrected chi connectivity index (χ2v) is 8.29. The van der Waals surface area contributed by atoms with Crippen LogP contribution in [-0.4, -0.2) is 23.9 Å². The number of hydrogen-bond donors (Lipinski definition) is 1. The highest BCUT2D eigenvalue weighted by Gasteiger charge is 2.26. The second kappa shape index (κ2) is 9.38. The van der Waals surface area contributed by atoms with Crippen LogP contribution in [0.25, 0.3) is 0 Å². The highest BCUT2D eigenvalue weighted by Crippen LogP contribution is 2.24. The lowest BCUT2D eigenvalue weighted by Gasteiger charge is -2.32. The van der Waals surface area contributed by atoms with E-state index in [1.807, 2.05) is 0 Å². The van der Waals surface area contributed by atoms with E-state index >= 15 is 0 Å². The standard InChI is InChI=1S/C25H34N2O/c1-5-24(22-11-10-18(2)20(4)16-22)26-25(28)21-12-14-27(15-13-21)17-23-9-7-6-8-19(23)3/h6-11,16,21,24H,5,12-15,17H2,1-4H3,(H,26,28)/t24-/m1/s1. The molecule has 0 saturated carbocycles. The van der Waals surface area contributed by atoms with Crippen LogP contribution >= 0.6 is 0 Å². The molecule has 2 aromatic carbocycles. The number of amides is 1. The highest BCUT2D eigenvalue weighted by molar-refractivity contribution is 5.79. The van der Waals surface area contributed by atoms with Crippen LogP contribution in [0.4, 0.5) is 0 Å². The van der Waals surface area contributed by atoms with E-state index < -0.39 is 0 Å². The number of likely N-dealkylation sites (tertiary alicyclic amines) is 1. The molecule has 1 aliphatic heterocycles. The maximum atomic E-state index is 12.9. The van der Waals surface area contributed by atoms with Gasteiger partial charge in [-0.2, -0.15) is 0 Å². The van der Waals surface area contributed by atoms with Crippen LogP contribution in [0.15, 0.2) is 42.5 Å². The zero-order valence-electron chi connectivity index (χ0n) is 17.8. The summed E-state index contributed by atoms with van der Waals surface area (Å²) in [5, 5.41) is 3.32. The van der Waals surface area contributed by atoms with E-state index in [4.69, 9.17) is 0 Å². The van der Waals surface area contributed by atoms with Gasteiger partial charge >= 0.3 is 0 Å². The van der Waals surface area contributed by atoms with E-state index in [1.54, 1.807) is 0 Å². The first-order chi connectivity index (χ1) is 13.5. The molecule has 0 spiro atoms. The molecule has 1 heterocycles. The fourth-order valence-corrected chi connectivity index (χ4v) is 4.07. The summed E-state index contributed by atoms with van der Waals surface area (Å²) in [6, 6.07) is 15.2. The SMILES string of the molecule is CC[C@@H](NC(=O)C1CCN(Cc2ccccc2C)CC1)c1ccc(C)c(C)c1. The predicted octanol–water partition coefficient (Wildman–Crippen LogP) is 5.09. The Hall–Kier alpha value is -2.13. The summed E-state index contributed by atoms with van der Waals surface area (Å²) in [5.74, 6) is 0.356. The lowest BCUT2D eigenvalue weighted by Crippen LogP contribution is -2.41. The normalized spacial score (nSPS) is 16.7. The number of nitrogens with one attached hydrogen (secondary N) is 1. The average molecular weight is 379 g/mol. The van der Waals surface area contributed by atoms with Gasteiger partial charge in [0.2, 0.25) is 5.91 Å². The Labute approximate surface area is 170 Å². The Morgan fingerprint density at radius 2 is 1.75 bits per heavy atom. The Morgan fingerprint density at radius 1 is 1.04 bits per heavy atom. The van der Waals surface area contributed by atoms with Crippen molar-refractivity contribution in [1.29, 1.82) is 0 Å². The first-order valence-electron chi connectivity index (χ1n) is 10.6. The molecule has 3 nitrogen and oxygen atoms in total. The molecular weight excluding hydrogens is 344 g/mol. The molecule has 0 aliphatic carbocycles. The smallest absolute Gasteiger partial charge is 0.223 e. The van der Waals surface area contributed by atoms with E-state index in [0.29, 0.717) is 0 Å². The zero-order valence-corrected chi connectivity index (χ0v) is 17.8. The summed E-state index contributed by atoms with van der Waals surface area (Å²) in [6.07, 6.45) is 2.81. The molecule has 1 atom stereocenters. The van der Waals surface area contributed by atoms with Crippen molar-refractivity contribution >= 4 is 5.91 Å². The quantitative estimate of drug-likeness (QED) is 0.759. The molecular formula is C25H34N2O. The van der Waals surface area contributed by atoms with Crippen molar-refractivity contribution in [2.45, 2.75) is 59.5 Å². The van der Waals surface area contributed by atoms with Crippen LogP contribution in [0.1, 0.15) is 60.0 Å².